The van der Waals surface area contributed by atoms with Crippen molar-refractivity contribution in [1.29, 1.82) is 0 Å². The molecule has 25 heavy (non-hydrogen) atoms. The van der Waals surface area contributed by atoms with E-state index in [1.54, 1.807) is 60.7 Å². The van der Waals surface area contributed by atoms with Crippen molar-refractivity contribution >= 4 is 17.4 Å². The SMILES string of the molecule is [2H]c1c([2H])c([2H])c(C2([2H])NN(c3ccccc3)C(=O)N(c3ccccc3)N2)c([2H])c1[2H]. The maximum absolute atomic E-state index is 13.2. The fourth-order valence-electron chi connectivity index (χ4n) is 2.44. The molecule has 5 nitrogen and oxygen atoms in total. The second-order valence-corrected chi connectivity index (χ2v) is 5.22. The standard InChI is InChI=1S/C20H18N4O/c25-20-23(17-12-6-2-7-13-17)21-19(16-10-4-1-5-11-16)22-24(20)18-14-8-3-9-15-18/h1-15,19,21-22H/i1D,4D,5D,10D,11D,19D. The largest absolute Gasteiger partial charge is 0.358 e. The van der Waals surface area contributed by atoms with Crippen molar-refractivity contribution in [1.82, 2.24) is 10.9 Å². The lowest BCUT2D eigenvalue weighted by molar-refractivity contribution is 0.231. The van der Waals surface area contributed by atoms with Crippen molar-refractivity contribution in [3.05, 3.63) is 96.4 Å². The van der Waals surface area contributed by atoms with E-state index in [9.17, 15) is 4.79 Å². The molecule has 0 unspecified atom stereocenters. The molecule has 0 atom stereocenters. The monoisotopic (exact) mass is 336 g/mol. The molecule has 3 aromatic rings. The fraction of sp³-hybridized carbons (Fsp3) is 0.0500. The maximum atomic E-state index is 13.2. The summed E-state index contributed by atoms with van der Waals surface area (Å²) in [7, 11) is 0. The molecule has 0 aliphatic carbocycles. The molecule has 1 fully saturated rings. The van der Waals surface area contributed by atoms with Gasteiger partial charge < -0.3 is 0 Å². The zero-order chi connectivity index (χ0) is 22.3. The number of para-hydroxylation sites is 2. The molecule has 1 aliphatic rings. The summed E-state index contributed by atoms with van der Waals surface area (Å²) in [5.74, 6) is 0. The molecule has 0 bridgehead atoms. The van der Waals surface area contributed by atoms with Gasteiger partial charge in [-0.2, -0.15) is 0 Å². The molecule has 2 N–H and O–H groups in total. The number of benzene rings is 3. The summed E-state index contributed by atoms with van der Waals surface area (Å²) in [5, 5.41) is 2.22. The van der Waals surface area contributed by atoms with Crippen LogP contribution in [0.25, 0.3) is 0 Å². The van der Waals surface area contributed by atoms with Gasteiger partial charge in [0.15, 0.2) is 0 Å². The summed E-state index contributed by atoms with van der Waals surface area (Å²) in [6.45, 7) is 0. The van der Waals surface area contributed by atoms with Crippen molar-refractivity contribution in [3.63, 3.8) is 0 Å². The lowest BCUT2D eigenvalue weighted by Gasteiger charge is -2.41. The van der Waals surface area contributed by atoms with Crippen molar-refractivity contribution in [2.75, 3.05) is 10.0 Å². The van der Waals surface area contributed by atoms with Crippen molar-refractivity contribution in [3.8, 4) is 0 Å². The lowest BCUT2D eigenvalue weighted by atomic mass is 10.2. The molecular weight excluding hydrogens is 312 g/mol. The first-order valence-corrected chi connectivity index (χ1v) is 7.62. The summed E-state index contributed by atoms with van der Waals surface area (Å²) >= 11 is 0. The Morgan fingerprint density at radius 2 is 1.28 bits per heavy atom. The molecular formula is C20H18N4O. The molecule has 0 aromatic heterocycles. The molecule has 2 amide bonds. The summed E-state index contributed by atoms with van der Waals surface area (Å²) in [5.41, 5.74) is 5.89. The number of urea groups is 1. The Morgan fingerprint density at radius 1 is 0.800 bits per heavy atom. The van der Waals surface area contributed by atoms with Crippen LogP contribution in [0.3, 0.4) is 0 Å². The lowest BCUT2D eigenvalue weighted by Crippen LogP contribution is -2.65. The van der Waals surface area contributed by atoms with E-state index in [-0.39, 0.29) is 5.56 Å². The third-order valence-electron chi connectivity index (χ3n) is 3.61. The Balaban J connectivity index is 1.91. The van der Waals surface area contributed by atoms with Crippen LogP contribution in [0.1, 0.15) is 19.9 Å². The van der Waals surface area contributed by atoms with Gasteiger partial charge in [0.25, 0.3) is 0 Å². The number of carbonyl (C=O) groups excluding carboxylic acids is 1. The third-order valence-corrected chi connectivity index (χ3v) is 3.61. The number of hydrogen-bond acceptors (Lipinski definition) is 3. The highest BCUT2D eigenvalue weighted by Crippen LogP contribution is 2.25. The number of nitrogens with one attached hydrogen (secondary N) is 2. The molecule has 0 spiro atoms. The molecule has 1 heterocycles. The number of carbonyl (C=O) groups is 1. The van der Waals surface area contributed by atoms with Gasteiger partial charge in [0.2, 0.25) is 0 Å². The van der Waals surface area contributed by atoms with Crippen LogP contribution in [-0.2, 0) is 0 Å². The number of nitrogens with zero attached hydrogens (tertiary/aromatic N) is 2. The first kappa shape index (κ1) is 9.98. The second kappa shape index (κ2) is 6.76. The van der Waals surface area contributed by atoms with E-state index in [0.29, 0.717) is 11.4 Å². The van der Waals surface area contributed by atoms with E-state index in [4.69, 9.17) is 8.22 Å². The zero-order valence-corrected chi connectivity index (χ0v) is 13.1. The van der Waals surface area contributed by atoms with Crippen LogP contribution in [0.15, 0.2) is 90.9 Å². The molecule has 0 saturated carbocycles. The summed E-state index contributed by atoms with van der Waals surface area (Å²) in [6.07, 6.45) is -2.16. The van der Waals surface area contributed by atoms with Crippen LogP contribution >= 0.6 is 0 Å². The van der Waals surface area contributed by atoms with Crippen LogP contribution in [0, 0.1) is 0 Å². The average Bonchev–Trinajstić information content (AvgIpc) is 2.79. The molecule has 5 heteroatoms. The van der Waals surface area contributed by atoms with Gasteiger partial charge in [-0.3, -0.25) is 0 Å². The fourth-order valence-corrected chi connectivity index (χ4v) is 2.44. The van der Waals surface area contributed by atoms with Crippen molar-refractivity contribution < 1.29 is 13.0 Å². The van der Waals surface area contributed by atoms with Crippen LogP contribution in [0.4, 0.5) is 16.2 Å². The molecule has 0 radical (unpaired) electrons. The minimum Gasteiger partial charge on any atom is -0.245 e. The highest BCUT2D eigenvalue weighted by atomic mass is 16.2. The minimum absolute atomic E-state index is 0.340. The Bertz CT molecular complexity index is 1060. The van der Waals surface area contributed by atoms with E-state index >= 15 is 0 Å². The highest BCUT2D eigenvalue weighted by molar-refractivity contribution is 6.03. The Labute approximate surface area is 154 Å². The summed E-state index contributed by atoms with van der Waals surface area (Å²) < 4.78 is 49.4. The molecule has 1 saturated heterocycles. The number of hydrogen-bond donors (Lipinski definition) is 2. The number of anilines is 2. The number of amides is 2. The van der Waals surface area contributed by atoms with Crippen LogP contribution in [0.5, 0.6) is 0 Å². The second-order valence-electron chi connectivity index (χ2n) is 5.22. The van der Waals surface area contributed by atoms with Gasteiger partial charge in [0, 0.05) is 0 Å². The van der Waals surface area contributed by atoms with Crippen molar-refractivity contribution in [2.45, 2.75) is 6.14 Å². The van der Waals surface area contributed by atoms with Crippen LogP contribution < -0.4 is 20.9 Å². The summed E-state index contributed by atoms with van der Waals surface area (Å²) in [4.78, 5) is 13.2. The Hall–Kier alpha value is -3.15. The molecule has 124 valence electrons. The Kier molecular flexibility index (Phi) is 2.70. The molecule has 4 rings (SSSR count). The van der Waals surface area contributed by atoms with Gasteiger partial charge in [-0.25, -0.2) is 25.7 Å². The van der Waals surface area contributed by atoms with Gasteiger partial charge in [-0.05, 0) is 29.8 Å². The minimum atomic E-state index is -2.16. The van der Waals surface area contributed by atoms with Gasteiger partial charge in [-0.15, -0.1) is 0 Å². The zero-order valence-electron chi connectivity index (χ0n) is 19.1. The van der Waals surface area contributed by atoms with E-state index in [2.05, 4.69) is 10.9 Å². The van der Waals surface area contributed by atoms with E-state index in [0.717, 1.165) is 10.0 Å². The first-order chi connectivity index (χ1) is 14.7. The predicted octanol–water partition coefficient (Wildman–Crippen LogP) is 3.84. The third kappa shape index (κ3) is 3.10. The normalized spacial score (nSPS) is 20.1. The van der Waals surface area contributed by atoms with Gasteiger partial charge in [0.1, 0.15) is 6.14 Å². The maximum Gasteiger partial charge on any atom is 0.358 e. The quantitative estimate of drug-likeness (QED) is 0.764. The smallest absolute Gasteiger partial charge is 0.245 e. The number of hydrazine groups is 2. The van der Waals surface area contributed by atoms with Crippen molar-refractivity contribution in [2.24, 2.45) is 0 Å². The molecule has 3 aromatic carbocycles. The topological polar surface area (TPSA) is 47.6 Å². The molecule has 1 aliphatic heterocycles. The van der Waals surface area contributed by atoms with Crippen LogP contribution in [-0.4, -0.2) is 6.03 Å². The van der Waals surface area contributed by atoms with E-state index < -0.39 is 42.4 Å². The number of rotatable bonds is 3. The first-order valence-electron chi connectivity index (χ1n) is 10.6. The predicted molar refractivity (Wildman–Crippen MR) is 98.7 cm³/mol. The van der Waals surface area contributed by atoms with E-state index in [1.165, 1.54) is 0 Å². The average molecular weight is 336 g/mol. The van der Waals surface area contributed by atoms with Crippen LogP contribution in [0.2, 0.25) is 0 Å². The summed E-state index contributed by atoms with van der Waals surface area (Å²) in [6, 6.07) is 13.7. The van der Waals surface area contributed by atoms with E-state index in [1.807, 2.05) is 0 Å². The van der Waals surface area contributed by atoms with Gasteiger partial charge >= 0.3 is 6.03 Å². The highest BCUT2D eigenvalue weighted by Gasteiger charge is 2.33. The Morgan fingerprint density at radius 3 is 1.76 bits per heavy atom. The van der Waals surface area contributed by atoms with Gasteiger partial charge in [0.05, 0.1) is 19.6 Å². The van der Waals surface area contributed by atoms with Gasteiger partial charge in [-0.1, -0.05) is 66.6 Å².